The fourth-order valence-electron chi connectivity index (χ4n) is 4.35. The third kappa shape index (κ3) is 4.70. The van der Waals surface area contributed by atoms with Crippen molar-refractivity contribution in [3.05, 3.63) is 75.3 Å². The number of amides is 1. The van der Waals surface area contributed by atoms with E-state index in [0.717, 1.165) is 44.5 Å². The Balaban J connectivity index is 1.47. The maximum Gasteiger partial charge on any atom is 0.339 e. The van der Waals surface area contributed by atoms with Crippen molar-refractivity contribution >= 4 is 39.2 Å². The van der Waals surface area contributed by atoms with Gasteiger partial charge in [-0.15, -0.1) is 11.3 Å². The maximum absolute atomic E-state index is 13.0. The molecule has 1 amide bonds. The van der Waals surface area contributed by atoms with Crippen LogP contribution in [0.5, 0.6) is 0 Å². The molecule has 2 heterocycles. The normalized spacial score (nSPS) is 11.0. The summed E-state index contributed by atoms with van der Waals surface area (Å²) in [6, 6.07) is 11.7. The first-order valence-electron chi connectivity index (χ1n) is 11.2. The second-order valence-corrected chi connectivity index (χ2v) is 9.22. The number of aryl methyl sites for hydroxylation is 4. The minimum Gasteiger partial charge on any atom is -0.452 e. The van der Waals surface area contributed by atoms with Crippen LogP contribution in [0.15, 0.2) is 41.8 Å². The van der Waals surface area contributed by atoms with Gasteiger partial charge in [-0.05, 0) is 56.9 Å². The Morgan fingerprint density at radius 3 is 2.44 bits per heavy atom. The van der Waals surface area contributed by atoms with Gasteiger partial charge in [-0.1, -0.05) is 42.8 Å². The van der Waals surface area contributed by atoms with E-state index in [1.807, 2.05) is 43.5 Å². The highest BCUT2D eigenvalue weighted by Gasteiger charge is 2.20. The summed E-state index contributed by atoms with van der Waals surface area (Å²) in [7, 11) is 0. The van der Waals surface area contributed by atoms with Gasteiger partial charge in [0, 0.05) is 22.0 Å². The van der Waals surface area contributed by atoms with Crippen LogP contribution in [0, 0.1) is 27.7 Å². The summed E-state index contributed by atoms with van der Waals surface area (Å²) in [5.41, 5.74) is 8.18. The molecule has 0 saturated heterocycles. The van der Waals surface area contributed by atoms with Crippen molar-refractivity contribution in [2.75, 3.05) is 11.9 Å². The van der Waals surface area contributed by atoms with Crippen LogP contribution in [-0.2, 0) is 16.0 Å². The third-order valence-corrected chi connectivity index (χ3v) is 6.55. The van der Waals surface area contributed by atoms with Crippen molar-refractivity contribution in [2.24, 2.45) is 0 Å². The van der Waals surface area contributed by atoms with E-state index in [1.54, 1.807) is 0 Å². The van der Waals surface area contributed by atoms with Crippen molar-refractivity contribution < 1.29 is 14.3 Å². The first-order valence-corrected chi connectivity index (χ1v) is 12.0. The van der Waals surface area contributed by atoms with Crippen LogP contribution < -0.4 is 5.32 Å². The van der Waals surface area contributed by atoms with Crippen LogP contribution in [0.3, 0.4) is 0 Å². The molecule has 0 aliphatic heterocycles. The number of ether oxygens (including phenoxy) is 1. The predicted octanol–water partition coefficient (Wildman–Crippen LogP) is 5.95. The Kier molecular flexibility index (Phi) is 6.75. The Bertz CT molecular complexity index is 1380. The van der Waals surface area contributed by atoms with Crippen LogP contribution in [0.4, 0.5) is 5.13 Å². The number of para-hydroxylation sites is 1. The summed E-state index contributed by atoms with van der Waals surface area (Å²) in [6.07, 6.45) is 0.698. The standard InChI is InChI=1S/C27H27N3O3S/c1-6-20-18(5)25(19-9-7-8-10-21(19)28-20)26(32)33-13-23(31)30-27-29-22(14-34-27)24-16(3)11-15(2)12-17(24)4/h7-12,14H,6,13H2,1-5H3,(H,29,30,31). The molecule has 2 aromatic carbocycles. The number of pyridine rings is 1. The van der Waals surface area contributed by atoms with Crippen LogP contribution in [0.25, 0.3) is 22.2 Å². The minimum absolute atomic E-state index is 0.395. The summed E-state index contributed by atoms with van der Waals surface area (Å²) in [5, 5.41) is 5.85. The van der Waals surface area contributed by atoms with Crippen LogP contribution in [0.2, 0.25) is 0 Å². The molecule has 1 N–H and O–H groups in total. The molecular formula is C27H27N3O3S. The number of thiazole rings is 1. The highest BCUT2D eigenvalue weighted by atomic mass is 32.1. The first-order chi connectivity index (χ1) is 16.3. The van der Waals surface area contributed by atoms with Crippen molar-refractivity contribution in [2.45, 2.75) is 41.0 Å². The number of carbonyl (C=O) groups is 2. The van der Waals surface area contributed by atoms with E-state index in [2.05, 4.69) is 48.2 Å². The largest absolute Gasteiger partial charge is 0.452 e. The van der Waals surface area contributed by atoms with Gasteiger partial charge in [0.25, 0.3) is 5.91 Å². The second kappa shape index (κ2) is 9.73. The van der Waals surface area contributed by atoms with Gasteiger partial charge in [0.1, 0.15) is 0 Å². The van der Waals surface area contributed by atoms with Crippen LogP contribution >= 0.6 is 11.3 Å². The molecule has 0 aliphatic rings. The van der Waals surface area contributed by atoms with Gasteiger partial charge in [0.2, 0.25) is 0 Å². The number of hydrogen-bond acceptors (Lipinski definition) is 6. The van der Waals surface area contributed by atoms with Gasteiger partial charge in [-0.3, -0.25) is 15.1 Å². The smallest absolute Gasteiger partial charge is 0.339 e. The summed E-state index contributed by atoms with van der Waals surface area (Å²) < 4.78 is 5.39. The Morgan fingerprint density at radius 2 is 1.74 bits per heavy atom. The monoisotopic (exact) mass is 473 g/mol. The summed E-state index contributed by atoms with van der Waals surface area (Å²) >= 11 is 1.34. The molecule has 2 aromatic heterocycles. The molecule has 7 heteroatoms. The van der Waals surface area contributed by atoms with Gasteiger partial charge in [-0.25, -0.2) is 9.78 Å². The van der Waals surface area contributed by atoms with Crippen molar-refractivity contribution in [3.8, 4) is 11.3 Å². The zero-order valence-corrected chi connectivity index (χ0v) is 20.8. The van der Waals surface area contributed by atoms with Crippen molar-refractivity contribution in [1.29, 1.82) is 0 Å². The molecule has 0 aliphatic carbocycles. The number of anilines is 1. The fraction of sp³-hybridized carbons (Fsp3) is 0.259. The number of fused-ring (bicyclic) bond motifs is 1. The number of rotatable bonds is 6. The van der Waals surface area contributed by atoms with E-state index in [-0.39, 0.29) is 0 Å². The topological polar surface area (TPSA) is 81.2 Å². The highest BCUT2D eigenvalue weighted by Crippen LogP contribution is 2.31. The number of nitrogens with zero attached hydrogens (tertiary/aromatic N) is 2. The zero-order chi connectivity index (χ0) is 24.4. The molecule has 0 atom stereocenters. The molecule has 6 nitrogen and oxygen atoms in total. The Hall–Kier alpha value is -3.58. The van der Waals surface area contributed by atoms with E-state index in [9.17, 15) is 9.59 Å². The van der Waals surface area contributed by atoms with E-state index >= 15 is 0 Å². The average molecular weight is 474 g/mol. The molecule has 174 valence electrons. The number of carbonyl (C=O) groups excluding carboxylic acids is 2. The van der Waals surface area contributed by atoms with E-state index in [1.165, 1.54) is 16.9 Å². The quantitative estimate of drug-likeness (QED) is 0.350. The molecule has 0 spiro atoms. The van der Waals surface area contributed by atoms with Crippen molar-refractivity contribution in [3.63, 3.8) is 0 Å². The third-order valence-electron chi connectivity index (χ3n) is 5.79. The minimum atomic E-state index is -0.535. The van der Waals surface area contributed by atoms with E-state index in [0.29, 0.717) is 17.1 Å². The number of nitrogens with one attached hydrogen (secondary N) is 1. The Morgan fingerprint density at radius 1 is 1.03 bits per heavy atom. The van der Waals surface area contributed by atoms with Gasteiger partial charge in [0.15, 0.2) is 11.7 Å². The summed E-state index contributed by atoms with van der Waals surface area (Å²) in [6.45, 7) is 9.64. The predicted molar refractivity (Wildman–Crippen MR) is 137 cm³/mol. The SMILES string of the molecule is CCc1nc2ccccc2c(C(=O)OCC(=O)Nc2nc(-c3c(C)cc(C)cc3C)cs2)c1C. The average Bonchev–Trinajstić information content (AvgIpc) is 3.24. The second-order valence-electron chi connectivity index (χ2n) is 8.37. The number of benzene rings is 2. The number of esters is 1. The lowest BCUT2D eigenvalue weighted by Crippen LogP contribution is -2.21. The Labute approximate surface area is 203 Å². The molecule has 0 radical (unpaired) electrons. The van der Waals surface area contributed by atoms with E-state index in [4.69, 9.17) is 4.74 Å². The molecule has 0 bridgehead atoms. The highest BCUT2D eigenvalue weighted by molar-refractivity contribution is 7.14. The van der Waals surface area contributed by atoms with Gasteiger partial charge in [0.05, 0.1) is 16.8 Å². The molecule has 34 heavy (non-hydrogen) atoms. The maximum atomic E-state index is 13.0. The lowest BCUT2D eigenvalue weighted by molar-refractivity contribution is -0.119. The molecule has 0 unspecified atom stereocenters. The van der Waals surface area contributed by atoms with Gasteiger partial charge < -0.3 is 4.74 Å². The van der Waals surface area contributed by atoms with Gasteiger partial charge in [-0.2, -0.15) is 0 Å². The summed E-state index contributed by atoms with van der Waals surface area (Å²) in [4.78, 5) is 34.7. The molecule has 0 saturated carbocycles. The van der Waals surface area contributed by atoms with Crippen molar-refractivity contribution in [1.82, 2.24) is 9.97 Å². The molecule has 4 aromatic rings. The lowest BCUT2D eigenvalue weighted by atomic mass is 9.98. The number of aromatic nitrogens is 2. The van der Waals surface area contributed by atoms with Gasteiger partial charge >= 0.3 is 5.97 Å². The first kappa shape index (κ1) is 23.6. The molecule has 0 fully saturated rings. The lowest BCUT2D eigenvalue weighted by Gasteiger charge is -2.13. The van der Waals surface area contributed by atoms with Crippen LogP contribution in [-0.4, -0.2) is 28.5 Å². The zero-order valence-electron chi connectivity index (χ0n) is 20.0. The van der Waals surface area contributed by atoms with E-state index < -0.39 is 18.5 Å². The van der Waals surface area contributed by atoms with Crippen LogP contribution in [0.1, 0.15) is 45.2 Å². The fourth-order valence-corrected chi connectivity index (χ4v) is 5.07. The molecule has 4 rings (SSSR count). The molecular weight excluding hydrogens is 446 g/mol. The number of hydrogen-bond donors (Lipinski definition) is 1. The summed E-state index contributed by atoms with van der Waals surface area (Å²) in [5.74, 6) is -0.968.